The first-order chi connectivity index (χ1) is 11.9. The normalized spacial score (nSPS) is 14.2. The summed E-state index contributed by atoms with van der Waals surface area (Å²) in [5, 5.41) is 8.80. The fourth-order valence-electron chi connectivity index (χ4n) is 2.66. The Labute approximate surface area is 156 Å². The molecule has 0 fully saturated rings. The molecule has 0 heterocycles. The van der Waals surface area contributed by atoms with Gasteiger partial charge in [0.15, 0.2) is 0 Å². The van der Waals surface area contributed by atoms with Gasteiger partial charge in [0.2, 0.25) is 10.0 Å². The maximum Gasteiger partial charge on any atom is 0.312 e. The molecule has 25 heavy (non-hydrogen) atoms. The average Bonchev–Trinajstić information content (AvgIpc) is 2.57. The molecule has 7 heteroatoms. The second-order valence-corrected chi connectivity index (χ2v) is 8.82. The number of carboxylic acids is 1. The number of hydrogen-bond acceptors (Lipinski definition) is 4. The third-order valence-electron chi connectivity index (χ3n) is 4.09. The van der Waals surface area contributed by atoms with Crippen LogP contribution in [0.2, 0.25) is 0 Å². The quantitative estimate of drug-likeness (QED) is 0.358. The highest BCUT2D eigenvalue weighted by Crippen LogP contribution is 2.23. The Morgan fingerprint density at radius 3 is 2.32 bits per heavy atom. The molecule has 1 aromatic rings. The molecule has 1 aromatic carbocycles. The van der Waals surface area contributed by atoms with Crippen LogP contribution in [0.25, 0.3) is 0 Å². The van der Waals surface area contributed by atoms with Crippen molar-refractivity contribution in [3.8, 4) is 0 Å². The van der Waals surface area contributed by atoms with Crippen molar-refractivity contribution in [1.29, 1.82) is 0 Å². The second kappa shape index (κ2) is 11.5. The smallest absolute Gasteiger partial charge is 0.312 e. The average molecular weight is 388 g/mol. The van der Waals surface area contributed by atoms with Crippen LogP contribution in [0.15, 0.2) is 30.3 Å². The monoisotopic (exact) mass is 387 g/mol. The Balaban J connectivity index is 2.47. The van der Waals surface area contributed by atoms with Gasteiger partial charge in [-0.2, -0.15) is 12.6 Å². The number of thiol groups is 1. The largest absolute Gasteiger partial charge is 0.481 e. The Morgan fingerprint density at radius 2 is 1.72 bits per heavy atom. The van der Waals surface area contributed by atoms with Crippen LogP contribution >= 0.6 is 12.6 Å². The summed E-state index contributed by atoms with van der Waals surface area (Å²) in [6, 6.07) is 8.75. The van der Waals surface area contributed by atoms with Gasteiger partial charge in [0, 0.05) is 11.8 Å². The first kappa shape index (κ1) is 22.0. The molecule has 0 radical (unpaired) electrons. The number of carboxylic acid groups (broad SMARTS) is 1. The molecule has 0 spiro atoms. The fraction of sp³-hybridized carbons (Fsp3) is 0.611. The van der Waals surface area contributed by atoms with Crippen molar-refractivity contribution in [3.05, 3.63) is 35.9 Å². The van der Waals surface area contributed by atoms with Crippen molar-refractivity contribution in [2.75, 3.05) is 12.3 Å². The van der Waals surface area contributed by atoms with Crippen LogP contribution in [0.1, 0.15) is 56.9 Å². The van der Waals surface area contributed by atoms with E-state index in [1.165, 1.54) is 6.42 Å². The number of nitrogens with one attached hydrogen (secondary N) is 1. The zero-order valence-electron chi connectivity index (χ0n) is 14.7. The first-order valence-corrected chi connectivity index (χ1v) is 11.0. The van der Waals surface area contributed by atoms with E-state index in [0.717, 1.165) is 25.7 Å². The van der Waals surface area contributed by atoms with Gasteiger partial charge in [-0.3, -0.25) is 4.79 Å². The lowest BCUT2D eigenvalue weighted by Crippen LogP contribution is -2.36. The summed E-state index contributed by atoms with van der Waals surface area (Å²) in [4.78, 5) is 11.5. The highest BCUT2D eigenvalue weighted by molar-refractivity contribution is 7.89. The molecule has 0 bridgehead atoms. The summed E-state index contributed by atoms with van der Waals surface area (Å²) >= 11 is 4.33. The van der Waals surface area contributed by atoms with Gasteiger partial charge in [0.25, 0.3) is 0 Å². The molecule has 142 valence electrons. The number of sulfonamides is 1. The number of aliphatic carboxylic acids is 1. The summed E-state index contributed by atoms with van der Waals surface area (Å²) in [7, 11) is -3.40. The molecule has 2 N–H and O–H groups in total. The first-order valence-electron chi connectivity index (χ1n) is 8.80. The highest BCUT2D eigenvalue weighted by Gasteiger charge is 2.28. The molecule has 0 aliphatic carbocycles. The Kier molecular flexibility index (Phi) is 10.2. The van der Waals surface area contributed by atoms with Crippen molar-refractivity contribution < 1.29 is 18.3 Å². The van der Waals surface area contributed by atoms with E-state index >= 15 is 0 Å². The second-order valence-electron chi connectivity index (χ2n) is 6.23. The standard InChI is InChI=1S/C18H29NO4S2/c1-2-3-4-5-6-10-13-25(22,23)19-14-16(24)17(18(20)21)15-11-8-7-9-12-15/h7-9,11-12,16-17,19,24H,2-6,10,13-14H2,1H3,(H,20,21). The van der Waals surface area contributed by atoms with Crippen molar-refractivity contribution >= 4 is 28.6 Å². The molecule has 0 saturated heterocycles. The summed E-state index contributed by atoms with van der Waals surface area (Å²) in [5.74, 6) is -1.80. The molecule has 0 aliphatic heterocycles. The maximum absolute atomic E-state index is 12.1. The van der Waals surface area contributed by atoms with Crippen molar-refractivity contribution in [2.24, 2.45) is 0 Å². The van der Waals surface area contributed by atoms with E-state index in [0.29, 0.717) is 12.0 Å². The summed E-state index contributed by atoms with van der Waals surface area (Å²) < 4.78 is 26.6. The molecular formula is C18H29NO4S2. The minimum atomic E-state index is -3.40. The predicted molar refractivity (Wildman–Crippen MR) is 105 cm³/mol. The van der Waals surface area contributed by atoms with E-state index in [-0.39, 0.29) is 12.3 Å². The number of rotatable bonds is 13. The van der Waals surface area contributed by atoms with Gasteiger partial charge < -0.3 is 5.11 Å². The molecule has 0 saturated carbocycles. The lowest BCUT2D eigenvalue weighted by atomic mass is 9.95. The minimum absolute atomic E-state index is 0.00681. The molecular weight excluding hydrogens is 358 g/mol. The lowest BCUT2D eigenvalue weighted by Gasteiger charge is -2.20. The van der Waals surface area contributed by atoms with Crippen LogP contribution in [0.5, 0.6) is 0 Å². The van der Waals surface area contributed by atoms with Crippen molar-refractivity contribution in [3.63, 3.8) is 0 Å². The maximum atomic E-state index is 12.1. The van der Waals surface area contributed by atoms with Gasteiger partial charge in [0.05, 0.1) is 11.7 Å². The van der Waals surface area contributed by atoms with E-state index in [4.69, 9.17) is 0 Å². The Bertz CT molecular complexity index is 605. The number of unbranched alkanes of at least 4 members (excludes halogenated alkanes) is 5. The Hall–Kier alpha value is -1.05. The number of carbonyl (C=O) groups is 1. The van der Waals surface area contributed by atoms with E-state index in [9.17, 15) is 18.3 Å². The van der Waals surface area contributed by atoms with Crippen LogP contribution in [0, 0.1) is 0 Å². The molecule has 1 rings (SSSR count). The summed E-state index contributed by atoms with van der Waals surface area (Å²) in [6.45, 7) is 2.13. The zero-order valence-corrected chi connectivity index (χ0v) is 16.4. The molecule has 5 nitrogen and oxygen atoms in total. The van der Waals surface area contributed by atoms with Gasteiger partial charge >= 0.3 is 5.97 Å². The lowest BCUT2D eigenvalue weighted by molar-refractivity contribution is -0.138. The minimum Gasteiger partial charge on any atom is -0.481 e. The third-order valence-corrected chi connectivity index (χ3v) is 6.00. The van der Waals surface area contributed by atoms with Gasteiger partial charge in [-0.15, -0.1) is 0 Å². The van der Waals surface area contributed by atoms with Crippen molar-refractivity contribution in [2.45, 2.75) is 56.6 Å². The third kappa shape index (κ3) is 8.74. The topological polar surface area (TPSA) is 83.5 Å². The van der Waals surface area contributed by atoms with Crippen LogP contribution < -0.4 is 4.72 Å². The summed E-state index contributed by atoms with van der Waals surface area (Å²) in [6.07, 6.45) is 6.05. The van der Waals surface area contributed by atoms with Crippen LogP contribution in [0.4, 0.5) is 0 Å². The SMILES string of the molecule is CCCCCCCCS(=O)(=O)NCC(S)C(C(=O)O)c1ccccc1. The van der Waals surface area contributed by atoms with E-state index in [1.54, 1.807) is 30.3 Å². The van der Waals surface area contributed by atoms with Crippen LogP contribution in [-0.2, 0) is 14.8 Å². The molecule has 2 unspecified atom stereocenters. The zero-order chi connectivity index (χ0) is 18.7. The van der Waals surface area contributed by atoms with E-state index in [2.05, 4.69) is 24.3 Å². The van der Waals surface area contributed by atoms with Crippen molar-refractivity contribution in [1.82, 2.24) is 4.72 Å². The fourth-order valence-corrected chi connectivity index (χ4v) is 4.34. The van der Waals surface area contributed by atoms with Gasteiger partial charge in [-0.25, -0.2) is 13.1 Å². The number of benzene rings is 1. The van der Waals surface area contributed by atoms with E-state index in [1.807, 2.05) is 0 Å². The van der Waals surface area contributed by atoms with Crippen LogP contribution in [0.3, 0.4) is 0 Å². The molecule has 0 aromatic heterocycles. The predicted octanol–water partition coefficient (Wildman–Crippen LogP) is 3.43. The van der Waals surface area contributed by atoms with Gasteiger partial charge in [0.1, 0.15) is 0 Å². The highest BCUT2D eigenvalue weighted by atomic mass is 32.2. The van der Waals surface area contributed by atoms with Crippen LogP contribution in [-0.4, -0.2) is 37.0 Å². The molecule has 0 amide bonds. The molecule has 2 atom stereocenters. The Morgan fingerprint density at radius 1 is 1.12 bits per heavy atom. The van der Waals surface area contributed by atoms with Gasteiger partial charge in [-0.1, -0.05) is 69.4 Å². The van der Waals surface area contributed by atoms with Gasteiger partial charge in [-0.05, 0) is 12.0 Å². The number of hydrogen-bond donors (Lipinski definition) is 3. The summed E-state index contributed by atoms with van der Waals surface area (Å²) in [5.41, 5.74) is 0.616. The van der Waals surface area contributed by atoms with E-state index < -0.39 is 27.2 Å². The molecule has 0 aliphatic rings.